The number of aliphatic hydroxyl groups excluding tert-OH is 1. The largest absolute Gasteiger partial charge is 0.494 e. The first-order chi connectivity index (χ1) is 20.3. The zero-order valence-electron chi connectivity index (χ0n) is 24.1. The van der Waals surface area contributed by atoms with Crippen molar-refractivity contribution in [1.29, 1.82) is 0 Å². The molecular formula is C31H36BrN3O7. The third kappa shape index (κ3) is 6.97. The van der Waals surface area contributed by atoms with Crippen molar-refractivity contribution in [2.24, 2.45) is 4.99 Å². The molecular weight excluding hydrogens is 606 g/mol. The lowest BCUT2D eigenvalue weighted by Crippen LogP contribution is -2.55. The van der Waals surface area contributed by atoms with Crippen LogP contribution in [0.15, 0.2) is 70.1 Å². The number of benzene rings is 3. The number of hydrogen-bond donors (Lipinski definition) is 3. The normalized spacial score (nSPS) is 17.7. The third-order valence-corrected chi connectivity index (χ3v) is 7.74. The summed E-state index contributed by atoms with van der Waals surface area (Å²) in [7, 11) is 4.65. The molecule has 0 spiro atoms. The Morgan fingerprint density at radius 1 is 1.05 bits per heavy atom. The predicted molar refractivity (Wildman–Crippen MR) is 162 cm³/mol. The van der Waals surface area contributed by atoms with E-state index in [4.69, 9.17) is 33.8 Å². The molecule has 0 unspecified atom stereocenters. The fourth-order valence-electron chi connectivity index (χ4n) is 4.65. The first-order valence-corrected chi connectivity index (χ1v) is 14.3. The van der Waals surface area contributed by atoms with Crippen LogP contribution in [0.5, 0.6) is 23.0 Å². The van der Waals surface area contributed by atoms with Gasteiger partial charge in [-0.2, -0.15) is 0 Å². The SMILES string of the molecule is COc1cc(CNNC(=O)[C@@]2(Cc3ccccc3Br)N=C(c3ccc(OCCCO)cc3)O[C@H]2C)cc(OC)c1OC. The van der Waals surface area contributed by atoms with Crippen molar-refractivity contribution in [3.8, 4) is 23.0 Å². The van der Waals surface area contributed by atoms with Crippen LogP contribution in [-0.4, -0.2) is 63.1 Å². The average molecular weight is 643 g/mol. The highest BCUT2D eigenvalue weighted by molar-refractivity contribution is 9.10. The molecule has 1 amide bonds. The van der Waals surface area contributed by atoms with Crippen LogP contribution in [0.25, 0.3) is 0 Å². The van der Waals surface area contributed by atoms with E-state index < -0.39 is 11.6 Å². The van der Waals surface area contributed by atoms with E-state index in [0.29, 0.717) is 48.3 Å². The molecule has 0 saturated heterocycles. The third-order valence-electron chi connectivity index (χ3n) is 6.96. The van der Waals surface area contributed by atoms with E-state index >= 15 is 0 Å². The van der Waals surface area contributed by atoms with Gasteiger partial charge in [-0.3, -0.25) is 10.2 Å². The number of aliphatic hydroxyl groups is 1. The zero-order valence-corrected chi connectivity index (χ0v) is 25.7. The van der Waals surface area contributed by atoms with Crippen molar-refractivity contribution in [3.05, 3.63) is 81.8 Å². The number of aliphatic imine (C=N–C) groups is 1. The molecule has 2 atom stereocenters. The summed E-state index contributed by atoms with van der Waals surface area (Å²) < 4.78 is 29.0. The summed E-state index contributed by atoms with van der Waals surface area (Å²) in [6.45, 7) is 2.62. The summed E-state index contributed by atoms with van der Waals surface area (Å²) in [5.74, 6) is 2.23. The van der Waals surface area contributed by atoms with E-state index in [1.807, 2.05) is 67.6 Å². The molecule has 10 nitrogen and oxygen atoms in total. The zero-order chi connectivity index (χ0) is 30.1. The number of hydrogen-bond acceptors (Lipinski definition) is 9. The molecule has 0 radical (unpaired) electrons. The Kier molecular flexibility index (Phi) is 10.7. The maximum Gasteiger partial charge on any atom is 0.266 e. The van der Waals surface area contributed by atoms with Gasteiger partial charge in [-0.15, -0.1) is 0 Å². The van der Waals surface area contributed by atoms with Gasteiger partial charge in [0.1, 0.15) is 11.9 Å². The molecule has 0 bridgehead atoms. The van der Waals surface area contributed by atoms with Crippen molar-refractivity contribution in [3.63, 3.8) is 0 Å². The van der Waals surface area contributed by atoms with Gasteiger partial charge in [-0.1, -0.05) is 34.1 Å². The summed E-state index contributed by atoms with van der Waals surface area (Å²) in [5, 5.41) is 8.98. The molecule has 3 aromatic carbocycles. The second-order valence-corrected chi connectivity index (χ2v) is 10.5. The number of amides is 1. The number of halogens is 1. The Morgan fingerprint density at radius 2 is 1.74 bits per heavy atom. The number of nitrogens with one attached hydrogen (secondary N) is 2. The summed E-state index contributed by atoms with van der Waals surface area (Å²) in [4.78, 5) is 18.8. The van der Waals surface area contributed by atoms with Gasteiger partial charge in [-0.05, 0) is 60.5 Å². The van der Waals surface area contributed by atoms with E-state index in [1.54, 1.807) is 21.3 Å². The fraction of sp³-hybridized carbons (Fsp3) is 0.355. The van der Waals surface area contributed by atoms with Gasteiger partial charge in [0.15, 0.2) is 17.0 Å². The molecule has 11 heteroatoms. The van der Waals surface area contributed by atoms with Crippen LogP contribution >= 0.6 is 15.9 Å². The van der Waals surface area contributed by atoms with Gasteiger partial charge in [0.2, 0.25) is 11.6 Å². The van der Waals surface area contributed by atoms with Crippen LogP contribution in [0.4, 0.5) is 0 Å². The van der Waals surface area contributed by atoms with Crippen LogP contribution in [-0.2, 0) is 22.5 Å². The Bertz CT molecular complexity index is 1370. The van der Waals surface area contributed by atoms with E-state index in [-0.39, 0.29) is 19.1 Å². The monoisotopic (exact) mass is 641 g/mol. The summed E-state index contributed by atoms with van der Waals surface area (Å²) in [6, 6.07) is 18.7. The molecule has 1 aliphatic rings. The Balaban J connectivity index is 1.57. The highest BCUT2D eigenvalue weighted by Gasteiger charge is 2.50. The van der Waals surface area contributed by atoms with Gasteiger partial charge in [0, 0.05) is 36.0 Å². The summed E-state index contributed by atoms with van der Waals surface area (Å²) >= 11 is 3.61. The molecule has 224 valence electrons. The Morgan fingerprint density at radius 3 is 2.36 bits per heavy atom. The lowest BCUT2D eigenvalue weighted by molar-refractivity contribution is -0.129. The van der Waals surface area contributed by atoms with Crippen molar-refractivity contribution in [2.75, 3.05) is 34.5 Å². The van der Waals surface area contributed by atoms with Crippen molar-refractivity contribution in [1.82, 2.24) is 10.9 Å². The smallest absolute Gasteiger partial charge is 0.266 e. The number of carbonyl (C=O) groups excluding carboxylic acids is 1. The average Bonchev–Trinajstić information content (AvgIpc) is 3.34. The summed E-state index contributed by atoms with van der Waals surface area (Å²) in [6.07, 6.45) is 0.289. The lowest BCUT2D eigenvalue weighted by atomic mass is 9.86. The molecule has 3 N–H and O–H groups in total. The topological polar surface area (TPSA) is 120 Å². The molecule has 0 fully saturated rings. The van der Waals surface area contributed by atoms with Crippen LogP contribution in [0.1, 0.15) is 30.0 Å². The predicted octanol–water partition coefficient (Wildman–Crippen LogP) is 4.20. The Labute approximate surface area is 254 Å². The second-order valence-electron chi connectivity index (χ2n) is 9.66. The molecule has 42 heavy (non-hydrogen) atoms. The maximum absolute atomic E-state index is 13.9. The van der Waals surface area contributed by atoms with E-state index in [1.165, 1.54) is 0 Å². The summed E-state index contributed by atoms with van der Waals surface area (Å²) in [5.41, 5.74) is 7.09. The van der Waals surface area contributed by atoms with Crippen LogP contribution in [0.2, 0.25) is 0 Å². The van der Waals surface area contributed by atoms with Gasteiger partial charge in [-0.25, -0.2) is 10.4 Å². The van der Waals surface area contributed by atoms with E-state index in [0.717, 1.165) is 21.2 Å². The number of ether oxygens (including phenoxy) is 5. The van der Waals surface area contributed by atoms with E-state index in [2.05, 4.69) is 26.8 Å². The van der Waals surface area contributed by atoms with E-state index in [9.17, 15) is 4.79 Å². The molecule has 1 heterocycles. The highest BCUT2D eigenvalue weighted by Crippen LogP contribution is 2.38. The van der Waals surface area contributed by atoms with Gasteiger partial charge in [0.25, 0.3) is 5.91 Å². The van der Waals surface area contributed by atoms with Crippen LogP contribution in [0.3, 0.4) is 0 Å². The van der Waals surface area contributed by atoms with Crippen LogP contribution in [0, 0.1) is 0 Å². The minimum Gasteiger partial charge on any atom is -0.494 e. The number of hydrazine groups is 1. The molecule has 1 aliphatic heterocycles. The first kappa shape index (κ1) is 31.1. The minimum absolute atomic E-state index is 0.0691. The number of methoxy groups -OCH3 is 3. The maximum atomic E-state index is 13.9. The molecule has 4 rings (SSSR count). The lowest BCUT2D eigenvalue weighted by Gasteiger charge is -2.28. The molecule has 0 aliphatic carbocycles. The quantitative estimate of drug-likeness (QED) is 0.177. The molecule has 0 saturated carbocycles. The standard InChI is InChI=1S/C31H36BrN3O7/c1-20-31(18-23-8-5-6-9-25(23)32,34-29(42-20)22-10-12-24(13-11-22)41-15-7-14-36)30(37)35-33-19-21-16-26(38-2)28(40-4)27(17-21)39-3/h5-6,8-13,16-17,20,33,36H,7,14-15,18-19H2,1-4H3,(H,35,37)/t20-,31-/m0/s1. The van der Waals surface area contributed by atoms with Gasteiger partial charge >= 0.3 is 0 Å². The van der Waals surface area contributed by atoms with Gasteiger partial charge < -0.3 is 28.8 Å². The van der Waals surface area contributed by atoms with Crippen LogP contribution < -0.4 is 29.8 Å². The van der Waals surface area contributed by atoms with Crippen molar-refractivity contribution < 1.29 is 33.6 Å². The van der Waals surface area contributed by atoms with Crippen molar-refractivity contribution >= 4 is 27.7 Å². The number of rotatable bonds is 14. The minimum atomic E-state index is -1.25. The first-order valence-electron chi connectivity index (χ1n) is 13.5. The van der Waals surface area contributed by atoms with Gasteiger partial charge in [0.05, 0.1) is 27.9 Å². The fourth-order valence-corrected chi connectivity index (χ4v) is 5.07. The molecule has 3 aromatic rings. The van der Waals surface area contributed by atoms with Crippen molar-refractivity contribution in [2.45, 2.75) is 38.0 Å². The number of carbonyl (C=O) groups is 1. The highest BCUT2D eigenvalue weighted by atomic mass is 79.9. The second kappa shape index (κ2) is 14.4. The Hall–Kier alpha value is -3.80. The number of nitrogens with zero attached hydrogens (tertiary/aromatic N) is 1. The molecule has 0 aromatic heterocycles.